The Morgan fingerprint density at radius 2 is 1.27 bits per heavy atom. The summed E-state index contributed by atoms with van der Waals surface area (Å²) in [7, 11) is 0. The first-order valence-electron chi connectivity index (χ1n) is 14.0. The Bertz CT molecular complexity index is 1980. The van der Waals surface area contributed by atoms with Crippen molar-refractivity contribution < 1.29 is 4.42 Å². The van der Waals surface area contributed by atoms with E-state index >= 15 is 0 Å². The molecule has 0 atom stereocenters. The molecule has 7 aromatic rings. The number of benzene rings is 5. The molecule has 0 bridgehead atoms. The predicted molar refractivity (Wildman–Crippen MR) is 170 cm³/mol. The first-order chi connectivity index (χ1) is 19.5. The van der Waals surface area contributed by atoms with Gasteiger partial charge in [0, 0.05) is 0 Å². The fraction of sp³-hybridized carbons (Fsp3) is 0.162. The molecule has 0 unspecified atom stereocenters. The van der Waals surface area contributed by atoms with Crippen molar-refractivity contribution in [2.45, 2.75) is 39.5 Å². The number of hydrogen-bond acceptors (Lipinski definition) is 2. The second-order valence-corrected chi connectivity index (χ2v) is 13.3. The Kier molecular flexibility index (Phi) is 6.23. The molecule has 0 saturated carbocycles. The van der Waals surface area contributed by atoms with Gasteiger partial charge in [-0.3, -0.25) is 0 Å². The molecule has 3 heteroatoms. The normalized spacial score (nSPS) is 11.9. The van der Waals surface area contributed by atoms with Gasteiger partial charge in [0.1, 0.15) is 0 Å². The monoisotopic (exact) mass is 585 g/mol. The standard InChI is InChI=1S/C37H31NOSe/c1-22(2)30-20-25(24-12-6-5-7-13-24)21-31(23(3)4)34(30)28-16-11-18-32-36(28)40-37(38-32)29-17-10-15-27-26-14-8-9-19-33(26)39-35(27)29/h5-23H,1-4H3. The Morgan fingerprint density at radius 3 is 2.02 bits per heavy atom. The summed E-state index contributed by atoms with van der Waals surface area (Å²) in [5.74, 6) is 0.788. The van der Waals surface area contributed by atoms with Crippen molar-refractivity contribution in [1.82, 2.24) is 4.98 Å². The molecule has 7 rings (SSSR count). The summed E-state index contributed by atoms with van der Waals surface area (Å²) >= 11 is 0.0553. The van der Waals surface area contributed by atoms with Crippen LogP contribution in [-0.4, -0.2) is 19.5 Å². The molecule has 2 aromatic heterocycles. The summed E-state index contributed by atoms with van der Waals surface area (Å²) in [6.07, 6.45) is 0. The molecule has 0 radical (unpaired) electrons. The van der Waals surface area contributed by atoms with E-state index in [1.165, 1.54) is 37.6 Å². The summed E-state index contributed by atoms with van der Waals surface area (Å²) < 4.78 is 8.90. The van der Waals surface area contributed by atoms with Crippen LogP contribution in [0.4, 0.5) is 0 Å². The van der Waals surface area contributed by atoms with Gasteiger partial charge in [0.15, 0.2) is 0 Å². The van der Waals surface area contributed by atoms with Crippen LogP contribution in [0.2, 0.25) is 0 Å². The second kappa shape index (κ2) is 9.93. The average molecular weight is 585 g/mol. The van der Waals surface area contributed by atoms with E-state index in [1.807, 2.05) is 12.1 Å². The summed E-state index contributed by atoms with van der Waals surface area (Å²) in [6.45, 7) is 9.26. The van der Waals surface area contributed by atoms with Crippen molar-refractivity contribution in [3.8, 4) is 32.4 Å². The molecule has 0 N–H and O–H groups in total. The van der Waals surface area contributed by atoms with Gasteiger partial charge < -0.3 is 0 Å². The maximum absolute atomic E-state index is 6.40. The third-order valence-electron chi connectivity index (χ3n) is 7.87. The van der Waals surface area contributed by atoms with Crippen LogP contribution < -0.4 is 0 Å². The van der Waals surface area contributed by atoms with Gasteiger partial charge >= 0.3 is 242 Å². The van der Waals surface area contributed by atoms with Crippen molar-refractivity contribution >= 4 is 46.2 Å². The second-order valence-electron chi connectivity index (χ2n) is 11.2. The van der Waals surface area contributed by atoms with E-state index in [-0.39, 0.29) is 14.5 Å². The number of rotatable bonds is 5. The number of para-hydroxylation sites is 2. The van der Waals surface area contributed by atoms with Gasteiger partial charge in [0.05, 0.1) is 0 Å². The van der Waals surface area contributed by atoms with Crippen molar-refractivity contribution in [3.63, 3.8) is 0 Å². The first-order valence-corrected chi connectivity index (χ1v) is 15.7. The summed E-state index contributed by atoms with van der Waals surface area (Å²) in [6, 6.07) is 37.0. The molecule has 40 heavy (non-hydrogen) atoms. The average Bonchev–Trinajstić information content (AvgIpc) is 3.58. The molecule has 0 amide bonds. The zero-order valence-electron chi connectivity index (χ0n) is 23.2. The van der Waals surface area contributed by atoms with Crippen molar-refractivity contribution in [2.75, 3.05) is 0 Å². The fourth-order valence-electron chi connectivity index (χ4n) is 5.88. The van der Waals surface area contributed by atoms with E-state index in [2.05, 4.69) is 119 Å². The number of nitrogens with zero attached hydrogens (tertiary/aromatic N) is 1. The number of fused-ring (bicyclic) bond motifs is 4. The summed E-state index contributed by atoms with van der Waals surface area (Å²) in [4.78, 5) is 5.23. The maximum atomic E-state index is 6.40. The van der Waals surface area contributed by atoms with Crippen LogP contribution in [0.5, 0.6) is 0 Å². The van der Waals surface area contributed by atoms with Crippen LogP contribution in [0.3, 0.4) is 0 Å². The minimum atomic E-state index is 0.0553. The van der Waals surface area contributed by atoms with Crippen LogP contribution in [0.15, 0.2) is 108 Å². The molecule has 0 saturated heterocycles. The zero-order valence-corrected chi connectivity index (χ0v) is 24.9. The van der Waals surface area contributed by atoms with Crippen molar-refractivity contribution in [1.29, 1.82) is 0 Å². The van der Waals surface area contributed by atoms with Gasteiger partial charge in [-0.1, -0.05) is 0 Å². The molecule has 0 spiro atoms. The van der Waals surface area contributed by atoms with E-state index in [0.717, 1.165) is 37.6 Å². The van der Waals surface area contributed by atoms with Crippen molar-refractivity contribution in [2.24, 2.45) is 0 Å². The van der Waals surface area contributed by atoms with Gasteiger partial charge in [0.25, 0.3) is 0 Å². The number of aromatic nitrogens is 1. The number of furan rings is 1. The third kappa shape index (κ3) is 4.13. The van der Waals surface area contributed by atoms with Crippen LogP contribution in [0, 0.1) is 0 Å². The Morgan fingerprint density at radius 1 is 0.625 bits per heavy atom. The Hall–Kier alpha value is -3.91. The molecule has 0 aliphatic carbocycles. The molecule has 0 aliphatic heterocycles. The van der Waals surface area contributed by atoms with E-state index in [1.54, 1.807) is 0 Å². The minimum absolute atomic E-state index is 0.0553. The molecule has 196 valence electrons. The van der Waals surface area contributed by atoms with Crippen LogP contribution in [0.25, 0.3) is 64.1 Å². The van der Waals surface area contributed by atoms with Gasteiger partial charge in [-0.05, 0) is 0 Å². The summed E-state index contributed by atoms with van der Waals surface area (Å²) in [5.41, 5.74) is 12.2. The Balaban J connectivity index is 1.46. The molecule has 5 aromatic carbocycles. The summed E-state index contributed by atoms with van der Waals surface area (Å²) in [5, 5.41) is 2.31. The molecule has 0 fully saturated rings. The molecular formula is C37H31NOSe. The molecule has 2 nitrogen and oxygen atoms in total. The molecule has 2 heterocycles. The predicted octanol–water partition coefficient (Wildman–Crippen LogP) is 10.4. The van der Waals surface area contributed by atoms with Gasteiger partial charge in [-0.25, -0.2) is 0 Å². The van der Waals surface area contributed by atoms with Gasteiger partial charge in [-0.15, -0.1) is 0 Å². The molecular weight excluding hydrogens is 553 g/mol. The van der Waals surface area contributed by atoms with E-state index in [4.69, 9.17) is 9.40 Å². The first kappa shape index (κ1) is 25.1. The fourth-order valence-corrected chi connectivity index (χ4v) is 8.20. The topological polar surface area (TPSA) is 26.0 Å². The van der Waals surface area contributed by atoms with Crippen LogP contribution >= 0.6 is 0 Å². The van der Waals surface area contributed by atoms with E-state index < -0.39 is 0 Å². The van der Waals surface area contributed by atoms with E-state index in [0.29, 0.717) is 11.8 Å². The van der Waals surface area contributed by atoms with Gasteiger partial charge in [0.2, 0.25) is 0 Å². The van der Waals surface area contributed by atoms with Crippen LogP contribution in [0.1, 0.15) is 50.7 Å². The quantitative estimate of drug-likeness (QED) is 0.188. The van der Waals surface area contributed by atoms with E-state index in [9.17, 15) is 0 Å². The SMILES string of the molecule is CC(C)c1cc(-c2ccccc2)cc(C(C)C)c1-c1cccc2nc(-c3cccc4c3oc3ccccc34)[se]c12. The third-order valence-corrected chi connectivity index (χ3v) is 10.3. The number of hydrogen-bond donors (Lipinski definition) is 0. The zero-order chi connectivity index (χ0) is 27.4. The van der Waals surface area contributed by atoms with Crippen LogP contribution in [-0.2, 0) is 0 Å². The Labute approximate surface area is 241 Å². The van der Waals surface area contributed by atoms with Gasteiger partial charge in [-0.2, -0.15) is 0 Å². The molecule has 0 aliphatic rings. The van der Waals surface area contributed by atoms with Crippen molar-refractivity contribution in [3.05, 3.63) is 114 Å².